The second kappa shape index (κ2) is 8.55. The quantitative estimate of drug-likeness (QED) is 0.645. The molecule has 0 spiro atoms. The highest BCUT2D eigenvalue weighted by molar-refractivity contribution is 5.67. The van der Waals surface area contributed by atoms with E-state index in [1.165, 1.54) is 0 Å². The van der Waals surface area contributed by atoms with Crippen molar-refractivity contribution in [2.75, 3.05) is 13.2 Å². The Labute approximate surface area is 119 Å². The first-order chi connectivity index (χ1) is 9.58. The molecule has 0 heterocycles. The summed E-state index contributed by atoms with van der Waals surface area (Å²) in [6, 6.07) is 6.58. The molecule has 1 aromatic rings. The van der Waals surface area contributed by atoms with E-state index in [-0.39, 0.29) is 6.42 Å². The first-order valence-electron chi connectivity index (χ1n) is 6.94. The zero-order valence-corrected chi connectivity index (χ0v) is 12.0. The summed E-state index contributed by atoms with van der Waals surface area (Å²) >= 11 is 0. The lowest BCUT2D eigenvalue weighted by Crippen LogP contribution is -2.37. The predicted octanol–water partition coefficient (Wildman–Crippen LogP) is 1.96. The van der Waals surface area contributed by atoms with Gasteiger partial charge in [0.2, 0.25) is 0 Å². The molecule has 20 heavy (non-hydrogen) atoms. The number of carboxylic acid groups (broad SMARTS) is 1. The van der Waals surface area contributed by atoms with Crippen LogP contribution in [0.5, 0.6) is 5.75 Å². The number of hydrogen-bond acceptors (Lipinski definition) is 4. The number of carboxylic acids is 1. The van der Waals surface area contributed by atoms with Gasteiger partial charge in [0.15, 0.2) is 0 Å². The fourth-order valence-electron chi connectivity index (χ4n) is 1.97. The maximum atomic E-state index is 10.9. The first kappa shape index (κ1) is 16.5. The van der Waals surface area contributed by atoms with Gasteiger partial charge in [0.25, 0.3) is 0 Å². The molecule has 0 saturated carbocycles. The molecule has 0 radical (unpaired) electrons. The Hall–Kier alpha value is -1.59. The molecule has 0 aromatic heterocycles. The van der Waals surface area contributed by atoms with Crippen molar-refractivity contribution in [2.24, 2.45) is 0 Å². The van der Waals surface area contributed by atoms with Gasteiger partial charge in [-0.1, -0.05) is 19.1 Å². The van der Waals surface area contributed by atoms with E-state index in [2.05, 4.69) is 5.32 Å². The molecule has 0 bridgehead atoms. The van der Waals surface area contributed by atoms with E-state index in [1.807, 2.05) is 13.8 Å². The maximum Gasteiger partial charge on any atom is 0.305 e. The van der Waals surface area contributed by atoms with Crippen molar-refractivity contribution >= 4 is 5.97 Å². The fraction of sp³-hybridized carbons (Fsp3) is 0.533. The van der Waals surface area contributed by atoms with Gasteiger partial charge in [0.1, 0.15) is 5.75 Å². The van der Waals surface area contributed by atoms with Crippen LogP contribution < -0.4 is 10.1 Å². The second-order valence-electron chi connectivity index (χ2n) is 4.61. The van der Waals surface area contributed by atoms with E-state index in [0.29, 0.717) is 18.7 Å². The van der Waals surface area contributed by atoms with Gasteiger partial charge in [-0.15, -0.1) is 0 Å². The number of aliphatic hydroxyl groups excluding tert-OH is 1. The van der Waals surface area contributed by atoms with Crippen molar-refractivity contribution in [3.63, 3.8) is 0 Å². The number of ether oxygens (including phenoxy) is 1. The Bertz CT molecular complexity index is 405. The molecule has 0 aliphatic carbocycles. The van der Waals surface area contributed by atoms with Gasteiger partial charge in [-0.25, -0.2) is 0 Å². The van der Waals surface area contributed by atoms with E-state index in [0.717, 1.165) is 12.2 Å². The summed E-state index contributed by atoms with van der Waals surface area (Å²) in [4.78, 5) is 10.9. The number of aliphatic hydroxyl groups is 1. The van der Waals surface area contributed by atoms with Crippen molar-refractivity contribution in [1.82, 2.24) is 5.32 Å². The molecule has 0 fully saturated rings. The van der Waals surface area contributed by atoms with Crippen LogP contribution in [0.4, 0.5) is 0 Å². The maximum absolute atomic E-state index is 10.9. The largest absolute Gasteiger partial charge is 0.494 e. The Morgan fingerprint density at radius 1 is 1.30 bits per heavy atom. The third kappa shape index (κ3) is 5.19. The Morgan fingerprint density at radius 3 is 2.45 bits per heavy atom. The highest BCUT2D eigenvalue weighted by Gasteiger charge is 2.22. The molecule has 3 N–H and O–H groups in total. The van der Waals surface area contributed by atoms with Crippen molar-refractivity contribution in [3.8, 4) is 5.75 Å². The molecule has 1 aromatic carbocycles. The van der Waals surface area contributed by atoms with E-state index in [4.69, 9.17) is 9.84 Å². The van der Waals surface area contributed by atoms with Gasteiger partial charge in [-0.2, -0.15) is 0 Å². The molecule has 1 rings (SSSR count). The molecule has 112 valence electrons. The lowest BCUT2D eigenvalue weighted by atomic mass is 9.99. The van der Waals surface area contributed by atoms with Crippen LogP contribution in [0.25, 0.3) is 0 Å². The van der Waals surface area contributed by atoms with Crippen LogP contribution >= 0.6 is 0 Å². The van der Waals surface area contributed by atoms with Crippen LogP contribution in [-0.2, 0) is 4.79 Å². The van der Waals surface area contributed by atoms with Crippen LogP contribution in [0.2, 0.25) is 0 Å². The fourth-order valence-corrected chi connectivity index (χ4v) is 1.97. The van der Waals surface area contributed by atoms with Crippen LogP contribution in [0.15, 0.2) is 24.3 Å². The highest BCUT2D eigenvalue weighted by Crippen LogP contribution is 2.22. The standard InChI is InChI=1S/C15H23NO4/c1-3-9-16-13(10-14(17)18)15(19)11-5-7-12(8-6-11)20-4-2/h5-8,13,15-16,19H,3-4,9-10H2,1-2H3,(H,17,18). The summed E-state index contributed by atoms with van der Waals surface area (Å²) in [7, 11) is 0. The minimum Gasteiger partial charge on any atom is -0.494 e. The average molecular weight is 281 g/mol. The lowest BCUT2D eigenvalue weighted by Gasteiger charge is -2.23. The number of nitrogens with one attached hydrogen (secondary N) is 1. The van der Waals surface area contributed by atoms with Gasteiger partial charge >= 0.3 is 5.97 Å². The number of aliphatic carboxylic acids is 1. The first-order valence-corrected chi connectivity index (χ1v) is 6.94. The van der Waals surface area contributed by atoms with E-state index in [1.54, 1.807) is 24.3 Å². The van der Waals surface area contributed by atoms with Gasteiger partial charge < -0.3 is 20.3 Å². The summed E-state index contributed by atoms with van der Waals surface area (Å²) < 4.78 is 5.34. The van der Waals surface area contributed by atoms with Gasteiger partial charge in [0.05, 0.1) is 19.1 Å². The average Bonchev–Trinajstić information content (AvgIpc) is 2.43. The molecule has 0 saturated heterocycles. The van der Waals surface area contributed by atoms with E-state index >= 15 is 0 Å². The SMILES string of the molecule is CCCNC(CC(=O)O)C(O)c1ccc(OCC)cc1. The molecule has 5 heteroatoms. The molecule has 2 atom stereocenters. The monoisotopic (exact) mass is 281 g/mol. The molecule has 0 aliphatic rings. The lowest BCUT2D eigenvalue weighted by molar-refractivity contribution is -0.138. The van der Waals surface area contributed by atoms with Crippen molar-refractivity contribution in [2.45, 2.75) is 38.8 Å². The number of carbonyl (C=O) groups is 1. The number of hydrogen-bond donors (Lipinski definition) is 3. The molecule has 2 unspecified atom stereocenters. The molecule has 0 amide bonds. The normalized spacial score (nSPS) is 13.8. The van der Waals surface area contributed by atoms with E-state index < -0.39 is 18.1 Å². The number of rotatable bonds is 9. The smallest absolute Gasteiger partial charge is 0.305 e. The Morgan fingerprint density at radius 2 is 1.95 bits per heavy atom. The third-order valence-corrected chi connectivity index (χ3v) is 2.96. The molecular weight excluding hydrogens is 258 g/mol. The van der Waals surface area contributed by atoms with Crippen LogP contribution in [0, 0.1) is 0 Å². The second-order valence-corrected chi connectivity index (χ2v) is 4.61. The third-order valence-electron chi connectivity index (χ3n) is 2.96. The summed E-state index contributed by atoms with van der Waals surface area (Å²) in [6.45, 7) is 5.15. The zero-order chi connectivity index (χ0) is 15.0. The van der Waals surface area contributed by atoms with Crippen LogP contribution in [-0.4, -0.2) is 35.4 Å². The number of benzene rings is 1. The topological polar surface area (TPSA) is 78.8 Å². The highest BCUT2D eigenvalue weighted by atomic mass is 16.5. The minimum atomic E-state index is -0.927. The van der Waals surface area contributed by atoms with Crippen LogP contribution in [0.3, 0.4) is 0 Å². The summed E-state index contributed by atoms with van der Waals surface area (Å²) in [5.41, 5.74) is 0.684. The molecular formula is C15H23NO4. The summed E-state index contributed by atoms with van der Waals surface area (Å²) in [5.74, 6) is -0.191. The summed E-state index contributed by atoms with van der Waals surface area (Å²) in [5, 5.41) is 22.3. The van der Waals surface area contributed by atoms with Gasteiger partial charge in [0, 0.05) is 6.04 Å². The zero-order valence-electron chi connectivity index (χ0n) is 12.0. The minimum absolute atomic E-state index is 0.117. The van der Waals surface area contributed by atoms with Crippen molar-refractivity contribution in [1.29, 1.82) is 0 Å². The van der Waals surface area contributed by atoms with Crippen LogP contribution in [0.1, 0.15) is 38.4 Å². The van der Waals surface area contributed by atoms with Gasteiger partial charge in [-0.3, -0.25) is 4.79 Å². The molecule has 5 nitrogen and oxygen atoms in total. The molecule has 0 aliphatic heterocycles. The van der Waals surface area contributed by atoms with Gasteiger partial charge in [-0.05, 0) is 37.6 Å². The predicted molar refractivity (Wildman–Crippen MR) is 76.9 cm³/mol. The Balaban J connectivity index is 2.75. The van der Waals surface area contributed by atoms with E-state index in [9.17, 15) is 9.90 Å². The van der Waals surface area contributed by atoms with Crippen molar-refractivity contribution < 1.29 is 19.7 Å². The summed E-state index contributed by atoms with van der Waals surface area (Å²) in [6.07, 6.45) is -0.0890. The Kier molecular flexibility index (Phi) is 7.04. The van der Waals surface area contributed by atoms with Crippen molar-refractivity contribution in [3.05, 3.63) is 29.8 Å².